The van der Waals surface area contributed by atoms with Crippen LogP contribution >= 0.6 is 0 Å². The lowest BCUT2D eigenvalue weighted by Crippen LogP contribution is -2.27. The molecule has 0 saturated heterocycles. The van der Waals surface area contributed by atoms with Crippen LogP contribution in [0.3, 0.4) is 0 Å². The van der Waals surface area contributed by atoms with Gasteiger partial charge in [-0.3, -0.25) is 4.79 Å². The first-order valence-electron chi connectivity index (χ1n) is 11.9. The molecule has 1 unspecified atom stereocenters. The molecule has 0 heterocycles. The number of ether oxygens (including phenoxy) is 1. The SMILES string of the molecule is CCCCCCCCCCCCCCC(OC(=O)CCCCC(C)C)C(=O)O. The van der Waals surface area contributed by atoms with E-state index in [2.05, 4.69) is 20.8 Å². The van der Waals surface area contributed by atoms with Crippen LogP contribution in [-0.2, 0) is 14.3 Å². The molecule has 1 atom stereocenters. The average Bonchev–Trinajstić information content (AvgIpc) is 2.64. The Bertz CT molecular complexity index is 379. The summed E-state index contributed by atoms with van der Waals surface area (Å²) in [5, 5.41) is 9.27. The molecule has 0 spiro atoms. The average molecular weight is 399 g/mol. The molecule has 166 valence electrons. The van der Waals surface area contributed by atoms with Gasteiger partial charge < -0.3 is 9.84 Å². The maximum Gasteiger partial charge on any atom is 0.345 e. The number of carbonyl (C=O) groups is 2. The summed E-state index contributed by atoms with van der Waals surface area (Å²) in [5.41, 5.74) is 0. The van der Waals surface area contributed by atoms with Crippen LogP contribution in [0.5, 0.6) is 0 Å². The van der Waals surface area contributed by atoms with Crippen molar-refractivity contribution in [2.75, 3.05) is 0 Å². The van der Waals surface area contributed by atoms with Crippen LogP contribution in [0.1, 0.15) is 130 Å². The zero-order valence-electron chi connectivity index (χ0n) is 18.8. The van der Waals surface area contributed by atoms with E-state index < -0.39 is 12.1 Å². The van der Waals surface area contributed by atoms with E-state index in [-0.39, 0.29) is 5.97 Å². The number of carboxylic acid groups (broad SMARTS) is 1. The third kappa shape index (κ3) is 18.3. The highest BCUT2D eigenvalue weighted by atomic mass is 16.6. The van der Waals surface area contributed by atoms with E-state index in [0.29, 0.717) is 18.8 Å². The maximum atomic E-state index is 11.8. The summed E-state index contributed by atoms with van der Waals surface area (Å²) in [5.74, 6) is -0.748. The first-order valence-corrected chi connectivity index (χ1v) is 11.9. The molecule has 0 aromatic rings. The Morgan fingerprint density at radius 2 is 1.18 bits per heavy atom. The van der Waals surface area contributed by atoms with Gasteiger partial charge >= 0.3 is 11.9 Å². The highest BCUT2D eigenvalue weighted by molar-refractivity contribution is 5.77. The lowest BCUT2D eigenvalue weighted by Gasteiger charge is -2.14. The lowest BCUT2D eigenvalue weighted by molar-refractivity contribution is -0.164. The largest absolute Gasteiger partial charge is 0.479 e. The van der Waals surface area contributed by atoms with Crippen molar-refractivity contribution in [2.24, 2.45) is 5.92 Å². The molecule has 4 heteroatoms. The molecule has 0 bridgehead atoms. The zero-order chi connectivity index (χ0) is 21.0. The van der Waals surface area contributed by atoms with Gasteiger partial charge in [-0.1, -0.05) is 104 Å². The maximum absolute atomic E-state index is 11.8. The first-order chi connectivity index (χ1) is 13.5. The Hall–Kier alpha value is -1.06. The van der Waals surface area contributed by atoms with E-state index >= 15 is 0 Å². The molecule has 0 radical (unpaired) electrons. The zero-order valence-corrected chi connectivity index (χ0v) is 18.8. The molecule has 0 fully saturated rings. The molecule has 4 nitrogen and oxygen atoms in total. The van der Waals surface area contributed by atoms with Crippen molar-refractivity contribution < 1.29 is 19.4 Å². The van der Waals surface area contributed by atoms with E-state index in [1.165, 1.54) is 57.8 Å². The Morgan fingerprint density at radius 1 is 0.714 bits per heavy atom. The van der Waals surface area contributed by atoms with Crippen LogP contribution in [0.4, 0.5) is 0 Å². The second-order valence-electron chi connectivity index (χ2n) is 8.63. The summed E-state index contributed by atoms with van der Waals surface area (Å²) in [6.07, 6.45) is 17.6. The summed E-state index contributed by atoms with van der Waals surface area (Å²) in [7, 11) is 0. The molecule has 0 aliphatic carbocycles. The van der Waals surface area contributed by atoms with Crippen molar-refractivity contribution in [1.29, 1.82) is 0 Å². The third-order valence-electron chi connectivity index (χ3n) is 5.28. The molecule has 0 rings (SSSR count). The molecule has 1 N–H and O–H groups in total. The van der Waals surface area contributed by atoms with Crippen LogP contribution in [0, 0.1) is 5.92 Å². The number of carbonyl (C=O) groups excluding carboxylic acids is 1. The minimum Gasteiger partial charge on any atom is -0.479 e. The second-order valence-corrected chi connectivity index (χ2v) is 8.63. The van der Waals surface area contributed by atoms with Crippen molar-refractivity contribution in [3.8, 4) is 0 Å². The van der Waals surface area contributed by atoms with Gasteiger partial charge in [0, 0.05) is 6.42 Å². The van der Waals surface area contributed by atoms with Gasteiger partial charge in [-0.25, -0.2) is 4.79 Å². The van der Waals surface area contributed by atoms with Crippen molar-refractivity contribution in [1.82, 2.24) is 0 Å². The molecule has 0 aromatic carbocycles. The third-order valence-corrected chi connectivity index (χ3v) is 5.28. The fourth-order valence-electron chi connectivity index (χ4n) is 3.44. The summed E-state index contributed by atoms with van der Waals surface area (Å²) in [6.45, 7) is 6.57. The van der Waals surface area contributed by atoms with Crippen LogP contribution in [0.2, 0.25) is 0 Å². The van der Waals surface area contributed by atoms with Gasteiger partial charge in [0.2, 0.25) is 0 Å². The monoisotopic (exact) mass is 398 g/mol. The number of esters is 1. The van der Waals surface area contributed by atoms with E-state index in [1.807, 2.05) is 0 Å². The van der Waals surface area contributed by atoms with Gasteiger partial charge in [-0.05, 0) is 25.2 Å². The fraction of sp³-hybridized carbons (Fsp3) is 0.917. The number of carboxylic acids is 1. The van der Waals surface area contributed by atoms with Crippen LogP contribution in [-0.4, -0.2) is 23.1 Å². The molecule has 0 aliphatic heterocycles. The van der Waals surface area contributed by atoms with Crippen molar-refractivity contribution >= 4 is 11.9 Å². The highest BCUT2D eigenvalue weighted by Gasteiger charge is 2.21. The molecular formula is C24H46O4. The Morgan fingerprint density at radius 3 is 1.64 bits per heavy atom. The van der Waals surface area contributed by atoms with Crippen molar-refractivity contribution in [2.45, 2.75) is 136 Å². The van der Waals surface area contributed by atoms with Gasteiger partial charge in [-0.15, -0.1) is 0 Å². The standard InChI is InChI=1S/C24H46O4/c1-4-5-6-7-8-9-10-11-12-13-14-15-19-22(24(26)27)28-23(25)20-17-16-18-21(2)3/h21-22H,4-20H2,1-3H3,(H,26,27). The molecule has 0 amide bonds. The van der Waals surface area contributed by atoms with Gasteiger partial charge in [0.1, 0.15) is 0 Å². The number of rotatable bonds is 20. The lowest BCUT2D eigenvalue weighted by atomic mass is 10.0. The molecule has 0 saturated carbocycles. The Labute approximate surface area is 173 Å². The van der Waals surface area contributed by atoms with E-state index in [9.17, 15) is 14.7 Å². The predicted molar refractivity (Wildman–Crippen MR) is 117 cm³/mol. The second kappa shape index (κ2) is 19.3. The first kappa shape index (κ1) is 26.9. The summed E-state index contributed by atoms with van der Waals surface area (Å²) in [6, 6.07) is 0. The van der Waals surface area contributed by atoms with Gasteiger partial charge in [0.15, 0.2) is 6.10 Å². The van der Waals surface area contributed by atoms with Crippen LogP contribution < -0.4 is 0 Å². The molecule has 0 aliphatic rings. The Balaban J connectivity index is 3.63. The van der Waals surface area contributed by atoms with Crippen LogP contribution in [0.25, 0.3) is 0 Å². The predicted octanol–water partition coefficient (Wildman–Crippen LogP) is 7.29. The molecular weight excluding hydrogens is 352 g/mol. The van der Waals surface area contributed by atoms with Crippen LogP contribution in [0.15, 0.2) is 0 Å². The van der Waals surface area contributed by atoms with E-state index in [4.69, 9.17) is 4.74 Å². The normalized spacial score (nSPS) is 12.3. The number of aliphatic carboxylic acids is 1. The minimum atomic E-state index is -1.02. The minimum absolute atomic E-state index is 0.328. The van der Waals surface area contributed by atoms with Gasteiger partial charge in [0.05, 0.1) is 0 Å². The van der Waals surface area contributed by atoms with E-state index in [1.54, 1.807) is 0 Å². The molecule has 28 heavy (non-hydrogen) atoms. The van der Waals surface area contributed by atoms with Crippen molar-refractivity contribution in [3.05, 3.63) is 0 Å². The highest BCUT2D eigenvalue weighted by Crippen LogP contribution is 2.15. The fourth-order valence-corrected chi connectivity index (χ4v) is 3.44. The summed E-state index contributed by atoms with van der Waals surface area (Å²) >= 11 is 0. The van der Waals surface area contributed by atoms with Crippen molar-refractivity contribution in [3.63, 3.8) is 0 Å². The van der Waals surface area contributed by atoms with Gasteiger partial charge in [-0.2, -0.15) is 0 Å². The molecule has 0 aromatic heterocycles. The quantitative estimate of drug-likeness (QED) is 0.173. The Kier molecular flexibility index (Phi) is 18.5. The number of hydrogen-bond acceptors (Lipinski definition) is 3. The number of unbranched alkanes of at least 4 members (excludes halogenated alkanes) is 12. The summed E-state index contributed by atoms with van der Waals surface area (Å²) < 4.78 is 5.18. The van der Waals surface area contributed by atoms with E-state index in [0.717, 1.165) is 38.5 Å². The topological polar surface area (TPSA) is 63.6 Å². The number of hydrogen-bond donors (Lipinski definition) is 1. The van der Waals surface area contributed by atoms with Gasteiger partial charge in [0.25, 0.3) is 0 Å². The summed E-state index contributed by atoms with van der Waals surface area (Å²) in [4.78, 5) is 23.1. The smallest absolute Gasteiger partial charge is 0.345 e.